The van der Waals surface area contributed by atoms with E-state index in [-0.39, 0.29) is 5.91 Å². The monoisotopic (exact) mass is 336 g/mol. The number of carbonyl (C=O) groups excluding carboxylic acids is 1. The lowest BCUT2D eigenvalue weighted by atomic mass is 9.93. The summed E-state index contributed by atoms with van der Waals surface area (Å²) in [5, 5.41) is 4.11. The van der Waals surface area contributed by atoms with E-state index >= 15 is 0 Å². The molecule has 0 radical (unpaired) electrons. The molecule has 0 saturated carbocycles. The summed E-state index contributed by atoms with van der Waals surface area (Å²) >= 11 is 5.94. The first-order chi connectivity index (χ1) is 11.1. The number of halogens is 1. The molecule has 0 aromatic carbocycles. The van der Waals surface area contributed by atoms with Gasteiger partial charge in [0.1, 0.15) is 5.82 Å². The van der Waals surface area contributed by atoms with Crippen LogP contribution >= 0.6 is 11.6 Å². The van der Waals surface area contributed by atoms with Gasteiger partial charge in [0.2, 0.25) is 11.1 Å². The second-order valence-electron chi connectivity index (χ2n) is 6.08. The van der Waals surface area contributed by atoms with Gasteiger partial charge in [-0.3, -0.25) is 4.79 Å². The Balaban J connectivity index is 1.45. The zero-order valence-electron chi connectivity index (χ0n) is 13.2. The lowest BCUT2D eigenvalue weighted by Crippen LogP contribution is -2.39. The molecule has 23 heavy (non-hydrogen) atoms. The van der Waals surface area contributed by atoms with Gasteiger partial charge in [0, 0.05) is 43.9 Å². The Bertz CT molecular complexity index is 626. The molecule has 1 aliphatic heterocycles. The standard InChI is InChI=1S/C16H21ClN4O2/c1-11-13(16(17)23-20-11)2-3-15(22)21-8-4-12(5-9-21)10-14-18-6-7-19-14/h6-7,12H,2-5,8-10H2,1H3,(H,18,19). The summed E-state index contributed by atoms with van der Waals surface area (Å²) in [6.45, 7) is 3.48. The largest absolute Gasteiger partial charge is 0.349 e. The lowest BCUT2D eigenvalue weighted by molar-refractivity contribution is -0.132. The van der Waals surface area contributed by atoms with Gasteiger partial charge in [0.05, 0.1) is 5.69 Å². The summed E-state index contributed by atoms with van der Waals surface area (Å²) in [4.78, 5) is 21.7. The van der Waals surface area contributed by atoms with Gasteiger partial charge >= 0.3 is 0 Å². The molecule has 0 spiro atoms. The van der Waals surface area contributed by atoms with Gasteiger partial charge in [0.15, 0.2) is 0 Å². The Morgan fingerprint density at radius 1 is 1.48 bits per heavy atom. The van der Waals surface area contributed by atoms with Crippen LogP contribution in [0, 0.1) is 12.8 Å². The maximum Gasteiger partial charge on any atom is 0.229 e. The van der Waals surface area contributed by atoms with Crippen molar-refractivity contribution < 1.29 is 9.32 Å². The molecule has 0 atom stereocenters. The first kappa shape index (κ1) is 16.1. The first-order valence-electron chi connectivity index (χ1n) is 8.00. The van der Waals surface area contributed by atoms with Gasteiger partial charge in [-0.05, 0) is 43.7 Å². The van der Waals surface area contributed by atoms with Gasteiger partial charge in [-0.25, -0.2) is 4.98 Å². The molecule has 1 aliphatic rings. The highest BCUT2D eigenvalue weighted by atomic mass is 35.5. The van der Waals surface area contributed by atoms with Crippen LogP contribution in [-0.2, 0) is 17.6 Å². The molecule has 6 nitrogen and oxygen atoms in total. The summed E-state index contributed by atoms with van der Waals surface area (Å²) < 4.78 is 4.92. The number of imidazole rings is 1. The van der Waals surface area contributed by atoms with E-state index in [2.05, 4.69) is 15.1 Å². The number of aromatic amines is 1. The third kappa shape index (κ3) is 3.93. The van der Waals surface area contributed by atoms with Crippen LogP contribution in [0.5, 0.6) is 0 Å². The van der Waals surface area contributed by atoms with Gasteiger partial charge in [-0.15, -0.1) is 0 Å². The summed E-state index contributed by atoms with van der Waals surface area (Å²) in [6, 6.07) is 0. The third-order valence-electron chi connectivity index (χ3n) is 4.53. The molecular formula is C16H21ClN4O2. The number of rotatable bonds is 5. The number of nitrogens with one attached hydrogen (secondary N) is 1. The number of likely N-dealkylation sites (tertiary alicyclic amines) is 1. The minimum atomic E-state index is 0.179. The molecule has 1 N–H and O–H groups in total. The van der Waals surface area contributed by atoms with Crippen LogP contribution in [0.3, 0.4) is 0 Å². The zero-order chi connectivity index (χ0) is 16.2. The highest BCUT2D eigenvalue weighted by Gasteiger charge is 2.24. The highest BCUT2D eigenvalue weighted by Crippen LogP contribution is 2.23. The fraction of sp³-hybridized carbons (Fsp3) is 0.562. The van der Waals surface area contributed by atoms with Crippen LogP contribution < -0.4 is 0 Å². The maximum absolute atomic E-state index is 12.4. The molecule has 0 bridgehead atoms. The molecule has 0 unspecified atom stereocenters. The van der Waals surface area contributed by atoms with Crippen LogP contribution in [0.4, 0.5) is 0 Å². The molecule has 124 valence electrons. The predicted octanol–water partition coefficient (Wildman–Crippen LogP) is 2.77. The number of hydrogen-bond acceptors (Lipinski definition) is 4. The summed E-state index contributed by atoms with van der Waals surface area (Å²) in [7, 11) is 0. The Hall–Kier alpha value is -1.82. The second kappa shape index (κ2) is 7.17. The fourth-order valence-corrected chi connectivity index (χ4v) is 3.37. The molecule has 7 heteroatoms. The average molecular weight is 337 g/mol. The minimum Gasteiger partial charge on any atom is -0.349 e. The number of H-pyrrole nitrogens is 1. The van der Waals surface area contributed by atoms with Crippen LogP contribution in [-0.4, -0.2) is 39.0 Å². The number of aryl methyl sites for hydroxylation is 1. The van der Waals surface area contributed by atoms with Crippen LogP contribution in [0.15, 0.2) is 16.9 Å². The summed E-state index contributed by atoms with van der Waals surface area (Å²) in [6.07, 6.45) is 7.69. The van der Waals surface area contributed by atoms with Crippen molar-refractivity contribution in [1.82, 2.24) is 20.0 Å². The van der Waals surface area contributed by atoms with Gasteiger partial charge in [-0.1, -0.05) is 5.16 Å². The fourth-order valence-electron chi connectivity index (χ4n) is 3.10. The predicted molar refractivity (Wildman–Crippen MR) is 86.2 cm³/mol. The SMILES string of the molecule is Cc1noc(Cl)c1CCC(=O)N1CCC(Cc2ncc[nH]2)CC1. The van der Waals surface area contributed by atoms with Crippen molar-refractivity contribution >= 4 is 17.5 Å². The quantitative estimate of drug-likeness (QED) is 0.911. The highest BCUT2D eigenvalue weighted by molar-refractivity contribution is 6.29. The molecule has 1 saturated heterocycles. The molecular weight excluding hydrogens is 316 g/mol. The Labute approximate surface area is 140 Å². The molecule has 3 rings (SSSR count). The Morgan fingerprint density at radius 2 is 2.26 bits per heavy atom. The van der Waals surface area contributed by atoms with E-state index in [1.54, 1.807) is 6.20 Å². The van der Waals surface area contributed by atoms with Crippen molar-refractivity contribution in [3.05, 3.63) is 34.7 Å². The lowest BCUT2D eigenvalue weighted by Gasteiger charge is -2.31. The van der Waals surface area contributed by atoms with E-state index in [1.807, 2.05) is 18.0 Å². The molecule has 1 fully saturated rings. The number of piperidine rings is 1. The molecule has 1 amide bonds. The van der Waals surface area contributed by atoms with E-state index in [9.17, 15) is 4.79 Å². The molecule has 3 heterocycles. The number of carbonyl (C=O) groups is 1. The number of hydrogen-bond donors (Lipinski definition) is 1. The second-order valence-corrected chi connectivity index (χ2v) is 6.43. The van der Waals surface area contributed by atoms with Gasteiger partial charge in [0.25, 0.3) is 0 Å². The van der Waals surface area contributed by atoms with E-state index in [1.165, 1.54) is 0 Å². The molecule has 2 aromatic rings. The molecule has 0 aliphatic carbocycles. The van der Waals surface area contributed by atoms with E-state index in [0.29, 0.717) is 24.0 Å². The average Bonchev–Trinajstić information content (AvgIpc) is 3.17. The summed E-state index contributed by atoms with van der Waals surface area (Å²) in [5.74, 6) is 1.81. The van der Waals surface area contributed by atoms with E-state index in [0.717, 1.165) is 49.4 Å². The minimum absolute atomic E-state index is 0.179. The Kier molecular flexibility index (Phi) is 5.00. The van der Waals surface area contributed by atoms with Gasteiger partial charge < -0.3 is 14.4 Å². The zero-order valence-corrected chi connectivity index (χ0v) is 14.0. The maximum atomic E-state index is 12.4. The molecule has 2 aromatic heterocycles. The topological polar surface area (TPSA) is 75.0 Å². The number of nitrogens with zero attached hydrogens (tertiary/aromatic N) is 3. The van der Waals surface area contributed by atoms with Crippen molar-refractivity contribution in [2.24, 2.45) is 5.92 Å². The van der Waals surface area contributed by atoms with Crippen molar-refractivity contribution in [2.75, 3.05) is 13.1 Å². The van der Waals surface area contributed by atoms with Crippen LogP contribution in [0.2, 0.25) is 5.22 Å². The third-order valence-corrected chi connectivity index (χ3v) is 4.83. The van der Waals surface area contributed by atoms with E-state index < -0.39 is 0 Å². The Morgan fingerprint density at radius 3 is 2.87 bits per heavy atom. The van der Waals surface area contributed by atoms with Crippen molar-refractivity contribution in [1.29, 1.82) is 0 Å². The van der Waals surface area contributed by atoms with Crippen molar-refractivity contribution in [2.45, 2.75) is 39.0 Å². The number of aromatic nitrogens is 3. The van der Waals surface area contributed by atoms with Gasteiger partial charge in [-0.2, -0.15) is 0 Å². The normalized spacial score (nSPS) is 16.0. The van der Waals surface area contributed by atoms with Crippen LogP contribution in [0.1, 0.15) is 36.3 Å². The first-order valence-corrected chi connectivity index (χ1v) is 8.38. The van der Waals surface area contributed by atoms with Crippen LogP contribution in [0.25, 0.3) is 0 Å². The smallest absolute Gasteiger partial charge is 0.229 e. The van der Waals surface area contributed by atoms with Crippen molar-refractivity contribution in [3.63, 3.8) is 0 Å². The van der Waals surface area contributed by atoms with Crippen molar-refractivity contribution in [3.8, 4) is 0 Å². The van der Waals surface area contributed by atoms with E-state index in [4.69, 9.17) is 16.1 Å². The summed E-state index contributed by atoms with van der Waals surface area (Å²) in [5.41, 5.74) is 1.60. The number of amides is 1.